The molecule has 0 radical (unpaired) electrons. The number of benzene rings is 2. The summed E-state index contributed by atoms with van der Waals surface area (Å²) in [5, 5.41) is 10.6. The number of hydrogen-bond donors (Lipinski definition) is 1. The predicted octanol–water partition coefficient (Wildman–Crippen LogP) is 3.63. The van der Waals surface area contributed by atoms with E-state index in [9.17, 15) is 5.11 Å². The monoisotopic (exact) mass is 292 g/mol. The minimum Gasteiger partial charge on any atom is -0.380 e. The number of aromatic nitrogens is 2. The Hall–Kier alpha value is -2.39. The molecule has 0 aliphatic rings. The van der Waals surface area contributed by atoms with E-state index in [-0.39, 0.29) is 0 Å². The van der Waals surface area contributed by atoms with Crippen molar-refractivity contribution in [2.45, 2.75) is 26.5 Å². The molecule has 1 atom stereocenters. The maximum atomic E-state index is 10.6. The summed E-state index contributed by atoms with van der Waals surface area (Å²) in [6.45, 7) is 4.81. The van der Waals surface area contributed by atoms with E-state index < -0.39 is 6.10 Å². The summed E-state index contributed by atoms with van der Waals surface area (Å²) in [6.07, 6.45) is 2.94. The number of aliphatic hydroxyl groups excluding tert-OH is 1. The molecule has 3 nitrogen and oxygen atoms in total. The van der Waals surface area contributed by atoms with Gasteiger partial charge in [-0.2, -0.15) is 0 Å². The van der Waals surface area contributed by atoms with Crippen LogP contribution in [0.25, 0.3) is 0 Å². The van der Waals surface area contributed by atoms with Gasteiger partial charge in [0.15, 0.2) is 0 Å². The van der Waals surface area contributed by atoms with Crippen molar-refractivity contribution in [1.82, 2.24) is 9.55 Å². The Balaban J connectivity index is 1.86. The van der Waals surface area contributed by atoms with Gasteiger partial charge in [-0.05, 0) is 25.0 Å². The number of imidazole rings is 1. The van der Waals surface area contributed by atoms with Gasteiger partial charge in [0.25, 0.3) is 0 Å². The van der Waals surface area contributed by atoms with Gasteiger partial charge in [-0.25, -0.2) is 4.98 Å². The lowest BCUT2D eigenvalue weighted by Crippen LogP contribution is -2.10. The number of hydrogen-bond acceptors (Lipinski definition) is 2. The maximum Gasteiger partial charge on any atom is 0.142 e. The normalized spacial score (nSPS) is 12.3. The van der Waals surface area contributed by atoms with Crippen LogP contribution in [0, 0.1) is 13.8 Å². The van der Waals surface area contributed by atoms with Crippen molar-refractivity contribution in [2.24, 2.45) is 0 Å². The second-order valence-corrected chi connectivity index (χ2v) is 5.72. The van der Waals surface area contributed by atoms with Gasteiger partial charge < -0.3 is 9.67 Å². The van der Waals surface area contributed by atoms with E-state index in [1.165, 1.54) is 11.1 Å². The first-order valence-corrected chi connectivity index (χ1v) is 7.45. The fourth-order valence-corrected chi connectivity index (χ4v) is 2.58. The van der Waals surface area contributed by atoms with E-state index in [0.717, 1.165) is 11.1 Å². The molecule has 0 spiro atoms. The summed E-state index contributed by atoms with van der Waals surface area (Å²) >= 11 is 0. The molecule has 0 bridgehead atoms. The van der Waals surface area contributed by atoms with E-state index in [1.54, 1.807) is 6.20 Å². The molecule has 0 aliphatic heterocycles. The van der Waals surface area contributed by atoms with Gasteiger partial charge in [-0.1, -0.05) is 59.7 Å². The van der Waals surface area contributed by atoms with Crippen molar-refractivity contribution >= 4 is 0 Å². The zero-order valence-electron chi connectivity index (χ0n) is 12.9. The fraction of sp³-hybridized carbons (Fsp3) is 0.211. The van der Waals surface area contributed by atoms with Crippen molar-refractivity contribution in [3.8, 4) is 0 Å². The maximum absolute atomic E-state index is 10.6. The van der Waals surface area contributed by atoms with E-state index in [1.807, 2.05) is 42.0 Å². The third-order valence-electron chi connectivity index (χ3n) is 3.82. The summed E-state index contributed by atoms with van der Waals surface area (Å²) in [4.78, 5) is 4.35. The highest BCUT2D eigenvalue weighted by molar-refractivity contribution is 5.28. The highest BCUT2D eigenvalue weighted by Crippen LogP contribution is 2.22. The molecular weight excluding hydrogens is 272 g/mol. The largest absolute Gasteiger partial charge is 0.380 e. The molecule has 0 amide bonds. The van der Waals surface area contributed by atoms with Crippen molar-refractivity contribution in [2.75, 3.05) is 0 Å². The van der Waals surface area contributed by atoms with Crippen molar-refractivity contribution < 1.29 is 5.11 Å². The summed E-state index contributed by atoms with van der Waals surface area (Å²) in [7, 11) is 0. The quantitative estimate of drug-likeness (QED) is 0.797. The average Bonchev–Trinajstić information content (AvgIpc) is 2.97. The second kappa shape index (κ2) is 6.16. The second-order valence-electron chi connectivity index (χ2n) is 5.72. The Kier molecular flexibility index (Phi) is 4.07. The van der Waals surface area contributed by atoms with Gasteiger partial charge in [0.2, 0.25) is 0 Å². The van der Waals surface area contributed by atoms with Crippen LogP contribution in [0.1, 0.15) is 34.2 Å². The van der Waals surface area contributed by atoms with Crippen LogP contribution in [0.2, 0.25) is 0 Å². The number of aliphatic hydroxyl groups is 1. The standard InChI is InChI=1S/C19H20N2O/c1-14-6-8-16(9-7-14)13-21-11-10-20-19(21)18(22)17-5-3-4-15(2)12-17/h3-12,18,22H,13H2,1-2H3. The van der Waals surface area contributed by atoms with Crippen LogP contribution in [0.4, 0.5) is 0 Å². The molecule has 1 aromatic heterocycles. The lowest BCUT2D eigenvalue weighted by atomic mass is 10.1. The first-order valence-electron chi connectivity index (χ1n) is 7.45. The van der Waals surface area contributed by atoms with Gasteiger partial charge in [0.05, 0.1) is 0 Å². The first-order chi connectivity index (χ1) is 10.6. The zero-order valence-corrected chi connectivity index (χ0v) is 12.9. The third kappa shape index (κ3) is 3.10. The summed E-state index contributed by atoms with van der Waals surface area (Å²) in [5.74, 6) is 0.672. The topological polar surface area (TPSA) is 38.0 Å². The number of nitrogens with zero attached hydrogens (tertiary/aromatic N) is 2. The van der Waals surface area contributed by atoms with E-state index >= 15 is 0 Å². The minimum absolute atomic E-state index is 0.672. The highest BCUT2D eigenvalue weighted by atomic mass is 16.3. The van der Waals surface area contributed by atoms with Crippen LogP contribution in [0.15, 0.2) is 60.9 Å². The number of rotatable bonds is 4. The summed E-state index contributed by atoms with van der Waals surface area (Å²) in [6, 6.07) is 16.3. The summed E-state index contributed by atoms with van der Waals surface area (Å²) < 4.78 is 2.00. The Bertz CT molecular complexity index is 759. The lowest BCUT2D eigenvalue weighted by Gasteiger charge is -2.14. The van der Waals surface area contributed by atoms with Gasteiger partial charge in [0.1, 0.15) is 11.9 Å². The molecular formula is C19H20N2O. The Morgan fingerprint density at radius 3 is 2.55 bits per heavy atom. The fourth-order valence-electron chi connectivity index (χ4n) is 2.58. The molecule has 0 fully saturated rings. The smallest absolute Gasteiger partial charge is 0.142 e. The van der Waals surface area contributed by atoms with Gasteiger partial charge in [0, 0.05) is 18.9 Å². The SMILES string of the molecule is Cc1ccc(Cn2ccnc2C(O)c2cccc(C)c2)cc1. The molecule has 112 valence electrons. The van der Waals surface area contributed by atoms with Crippen molar-refractivity contribution in [3.63, 3.8) is 0 Å². The van der Waals surface area contributed by atoms with E-state index in [4.69, 9.17) is 0 Å². The molecule has 1 heterocycles. The third-order valence-corrected chi connectivity index (χ3v) is 3.82. The van der Waals surface area contributed by atoms with Gasteiger partial charge in [-0.3, -0.25) is 0 Å². The molecule has 0 aliphatic carbocycles. The van der Waals surface area contributed by atoms with Crippen molar-refractivity contribution in [1.29, 1.82) is 0 Å². The Labute approximate surface area is 130 Å². The molecule has 0 saturated heterocycles. The molecule has 3 heteroatoms. The van der Waals surface area contributed by atoms with Crippen LogP contribution in [-0.4, -0.2) is 14.7 Å². The zero-order chi connectivity index (χ0) is 15.5. The molecule has 2 aromatic carbocycles. The molecule has 1 unspecified atom stereocenters. The molecule has 3 aromatic rings. The van der Waals surface area contributed by atoms with Crippen LogP contribution in [0.3, 0.4) is 0 Å². The summed E-state index contributed by atoms with van der Waals surface area (Å²) in [5.41, 5.74) is 4.44. The molecule has 3 rings (SSSR count). The molecule has 1 N–H and O–H groups in total. The van der Waals surface area contributed by atoms with Crippen LogP contribution < -0.4 is 0 Å². The van der Waals surface area contributed by atoms with Crippen LogP contribution in [-0.2, 0) is 6.54 Å². The van der Waals surface area contributed by atoms with Crippen LogP contribution >= 0.6 is 0 Å². The Morgan fingerprint density at radius 1 is 1.05 bits per heavy atom. The first kappa shape index (κ1) is 14.5. The van der Waals surface area contributed by atoms with Crippen molar-refractivity contribution in [3.05, 3.63) is 89.0 Å². The highest BCUT2D eigenvalue weighted by Gasteiger charge is 2.16. The molecule has 0 saturated carbocycles. The van der Waals surface area contributed by atoms with E-state index in [2.05, 4.69) is 36.2 Å². The van der Waals surface area contributed by atoms with Crippen LogP contribution in [0.5, 0.6) is 0 Å². The minimum atomic E-state index is -0.708. The number of aryl methyl sites for hydroxylation is 2. The van der Waals surface area contributed by atoms with Gasteiger partial charge >= 0.3 is 0 Å². The average molecular weight is 292 g/mol. The van der Waals surface area contributed by atoms with Gasteiger partial charge in [-0.15, -0.1) is 0 Å². The predicted molar refractivity (Wildman–Crippen MR) is 87.7 cm³/mol. The van der Waals surface area contributed by atoms with E-state index in [0.29, 0.717) is 12.4 Å². The lowest BCUT2D eigenvalue weighted by molar-refractivity contribution is 0.205. The Morgan fingerprint density at radius 2 is 1.82 bits per heavy atom. The molecule has 22 heavy (non-hydrogen) atoms.